The minimum Gasteiger partial charge on any atom is -0.294 e. The molecule has 71 heavy (non-hydrogen) atoms. The Balaban J connectivity index is 0.974. The third kappa shape index (κ3) is 6.69. The molecule has 6 heterocycles. The van der Waals surface area contributed by atoms with E-state index >= 15 is 0 Å². The zero-order valence-corrected chi connectivity index (χ0v) is 38.5. The number of benzene rings is 8. The Morgan fingerprint density at radius 3 is 0.972 bits per heavy atom. The molecule has 0 N–H and O–H groups in total. The zero-order chi connectivity index (χ0) is 46.8. The Kier molecular flexibility index (Phi) is 9.59. The van der Waals surface area contributed by atoms with Crippen molar-refractivity contribution in [2.75, 3.05) is 0 Å². The molecule has 0 spiro atoms. The van der Waals surface area contributed by atoms with Gasteiger partial charge in [-0.2, -0.15) is 0 Å². The molecule has 0 atom stereocenters. The molecule has 0 amide bonds. The van der Waals surface area contributed by atoms with E-state index in [0.29, 0.717) is 5.95 Å². The van der Waals surface area contributed by atoms with Gasteiger partial charge in [-0.1, -0.05) is 191 Å². The second kappa shape index (κ2) is 16.7. The SMILES string of the molecule is c1ccc(B(c2ccc3c4ccccc4n(-c4ccccn4)c3c2)c2ccc3c4ccc(B(c5ccccc5)c5ccc6c7ccccc7n(-c7ccccn7)c6c5)cc4n(-c4ncccn4)c3c2)cc1. The highest BCUT2D eigenvalue weighted by Crippen LogP contribution is 2.34. The van der Waals surface area contributed by atoms with Gasteiger partial charge in [-0.05, 0) is 66.7 Å². The van der Waals surface area contributed by atoms with E-state index in [9.17, 15) is 0 Å². The zero-order valence-electron chi connectivity index (χ0n) is 38.5. The van der Waals surface area contributed by atoms with Gasteiger partial charge in [0.2, 0.25) is 19.4 Å². The summed E-state index contributed by atoms with van der Waals surface area (Å²) in [6, 6.07) is 80.9. The molecule has 14 aromatic rings. The Hall–Kier alpha value is -9.33. The largest absolute Gasteiger partial charge is 0.294 e. The molecule has 0 bridgehead atoms. The van der Waals surface area contributed by atoms with Crippen LogP contribution in [0.1, 0.15) is 0 Å². The summed E-state index contributed by atoms with van der Waals surface area (Å²) in [5, 5.41) is 7.06. The molecule has 0 aliphatic heterocycles. The number of aromatic nitrogens is 7. The van der Waals surface area contributed by atoms with Crippen molar-refractivity contribution in [2.45, 2.75) is 0 Å². The highest BCUT2D eigenvalue weighted by Gasteiger charge is 2.28. The summed E-state index contributed by atoms with van der Waals surface area (Å²) in [6.07, 6.45) is 7.40. The fourth-order valence-corrected chi connectivity index (χ4v) is 11.3. The van der Waals surface area contributed by atoms with Crippen LogP contribution in [0.2, 0.25) is 0 Å². The van der Waals surface area contributed by atoms with Crippen molar-refractivity contribution in [3.05, 3.63) is 249 Å². The third-order valence-electron chi connectivity index (χ3n) is 14.3. The monoisotopic (exact) mass is 905 g/mol. The quantitative estimate of drug-likeness (QED) is 0.136. The van der Waals surface area contributed by atoms with Crippen LogP contribution in [0.15, 0.2) is 249 Å². The lowest BCUT2D eigenvalue weighted by Gasteiger charge is -2.17. The van der Waals surface area contributed by atoms with Gasteiger partial charge in [-0.15, -0.1) is 0 Å². The average Bonchev–Trinajstić information content (AvgIpc) is 4.07. The molecule has 14 rings (SSSR count). The lowest BCUT2D eigenvalue weighted by atomic mass is 9.36. The van der Waals surface area contributed by atoms with Crippen LogP contribution in [0.25, 0.3) is 83.0 Å². The van der Waals surface area contributed by atoms with Crippen molar-refractivity contribution >= 4 is 112 Å². The fourth-order valence-electron chi connectivity index (χ4n) is 11.3. The maximum atomic E-state index is 4.92. The van der Waals surface area contributed by atoms with E-state index in [-0.39, 0.29) is 13.4 Å². The molecule has 0 unspecified atom stereocenters. The molecular weight excluding hydrogens is 864 g/mol. The van der Waals surface area contributed by atoms with Crippen molar-refractivity contribution in [1.82, 2.24) is 33.6 Å². The van der Waals surface area contributed by atoms with Crippen LogP contribution < -0.4 is 32.8 Å². The molecular formula is C62H41B2N7. The van der Waals surface area contributed by atoms with E-state index in [4.69, 9.17) is 19.9 Å². The molecule has 0 aliphatic carbocycles. The van der Waals surface area contributed by atoms with E-state index in [1.165, 1.54) is 54.3 Å². The molecule has 0 saturated carbocycles. The van der Waals surface area contributed by atoms with Crippen LogP contribution in [0.4, 0.5) is 0 Å². The Labute approximate surface area is 410 Å². The van der Waals surface area contributed by atoms with Crippen molar-refractivity contribution < 1.29 is 0 Å². The van der Waals surface area contributed by atoms with Gasteiger partial charge < -0.3 is 0 Å². The van der Waals surface area contributed by atoms with Gasteiger partial charge in [0.15, 0.2) is 0 Å². The first-order chi connectivity index (χ1) is 35.2. The smallest absolute Gasteiger partial charge is 0.241 e. The summed E-state index contributed by atoms with van der Waals surface area (Å²) in [7, 11) is 0. The standard InChI is InChI=1S/C62H41B2N7/c1-3-16-42(17-4-1)63(44-26-30-50-48-20-7-9-22-54(48)69(56(50)38-44)60-24-11-13-34-65-60)46-28-32-52-53-33-29-47(41-59(53)71(58(52)40-46)62-67-36-15-37-68-62)64(43-18-5-2-6-19-43)45-27-31-51-49-21-8-10-23-55(49)70(57(51)39-45)61-25-12-14-35-66-61/h1-41H. The molecule has 8 aromatic carbocycles. The molecule has 330 valence electrons. The number of rotatable bonds is 9. The topological polar surface area (TPSA) is 66.3 Å². The summed E-state index contributed by atoms with van der Waals surface area (Å²) in [4.78, 5) is 19.5. The van der Waals surface area contributed by atoms with Crippen LogP contribution in [-0.2, 0) is 0 Å². The van der Waals surface area contributed by atoms with E-state index in [2.05, 4.69) is 220 Å². The van der Waals surface area contributed by atoms with E-state index < -0.39 is 0 Å². The van der Waals surface area contributed by atoms with Crippen LogP contribution in [0.5, 0.6) is 0 Å². The van der Waals surface area contributed by atoms with Crippen LogP contribution in [0, 0.1) is 0 Å². The second-order valence-corrected chi connectivity index (χ2v) is 18.3. The summed E-state index contributed by atoms with van der Waals surface area (Å²) < 4.78 is 6.84. The van der Waals surface area contributed by atoms with Gasteiger partial charge >= 0.3 is 0 Å². The lowest BCUT2D eigenvalue weighted by molar-refractivity contribution is 0.989. The van der Waals surface area contributed by atoms with Crippen LogP contribution in [-0.4, -0.2) is 47.1 Å². The summed E-state index contributed by atoms with van der Waals surface area (Å²) in [5.41, 5.74) is 13.7. The predicted molar refractivity (Wildman–Crippen MR) is 296 cm³/mol. The van der Waals surface area contributed by atoms with E-state index in [0.717, 1.165) is 55.5 Å². The molecule has 7 nitrogen and oxygen atoms in total. The summed E-state index contributed by atoms with van der Waals surface area (Å²) >= 11 is 0. The minimum atomic E-state index is -0.0852. The highest BCUT2D eigenvalue weighted by atomic mass is 15.1. The van der Waals surface area contributed by atoms with Crippen molar-refractivity contribution in [3.63, 3.8) is 0 Å². The summed E-state index contributed by atoms with van der Waals surface area (Å²) in [5.74, 6) is 2.41. The highest BCUT2D eigenvalue weighted by molar-refractivity contribution is 6.96. The number of pyridine rings is 2. The first kappa shape index (κ1) is 40.7. The predicted octanol–water partition coefficient (Wildman–Crippen LogP) is 9.59. The lowest BCUT2D eigenvalue weighted by Crippen LogP contribution is -2.52. The van der Waals surface area contributed by atoms with Crippen LogP contribution in [0.3, 0.4) is 0 Å². The van der Waals surface area contributed by atoms with Crippen molar-refractivity contribution in [1.29, 1.82) is 0 Å². The molecule has 0 fully saturated rings. The van der Waals surface area contributed by atoms with Gasteiger partial charge in [-0.3, -0.25) is 13.7 Å². The first-order valence-electron chi connectivity index (χ1n) is 24.1. The molecule has 9 heteroatoms. The number of hydrogen-bond donors (Lipinski definition) is 0. The Morgan fingerprint density at radius 2 is 0.577 bits per heavy atom. The Bertz CT molecular complexity index is 4030. The molecule has 6 aromatic heterocycles. The molecule has 0 saturated heterocycles. The van der Waals surface area contributed by atoms with E-state index in [1.54, 1.807) is 0 Å². The second-order valence-electron chi connectivity index (χ2n) is 18.3. The van der Waals surface area contributed by atoms with Crippen LogP contribution >= 0.6 is 0 Å². The first-order valence-corrected chi connectivity index (χ1v) is 24.1. The number of hydrogen-bond acceptors (Lipinski definition) is 4. The number of nitrogens with zero attached hydrogens (tertiary/aromatic N) is 7. The summed E-state index contributed by atoms with van der Waals surface area (Å²) in [6.45, 7) is -0.170. The van der Waals surface area contributed by atoms with Gasteiger partial charge in [0.05, 0.1) is 33.1 Å². The van der Waals surface area contributed by atoms with Gasteiger partial charge in [0.1, 0.15) is 11.6 Å². The maximum absolute atomic E-state index is 4.92. The average molecular weight is 906 g/mol. The molecule has 0 aliphatic rings. The van der Waals surface area contributed by atoms with E-state index in [1.807, 2.05) is 43.0 Å². The number of fused-ring (bicyclic) bond motifs is 9. The number of para-hydroxylation sites is 2. The van der Waals surface area contributed by atoms with Gasteiger partial charge in [-0.25, -0.2) is 19.9 Å². The van der Waals surface area contributed by atoms with Gasteiger partial charge in [0, 0.05) is 57.1 Å². The van der Waals surface area contributed by atoms with Gasteiger partial charge in [0.25, 0.3) is 0 Å². The Morgan fingerprint density at radius 1 is 0.239 bits per heavy atom. The molecule has 0 radical (unpaired) electrons. The third-order valence-corrected chi connectivity index (χ3v) is 14.3. The fraction of sp³-hybridized carbons (Fsp3) is 0. The normalized spacial score (nSPS) is 11.7. The maximum Gasteiger partial charge on any atom is 0.241 e. The van der Waals surface area contributed by atoms with Crippen molar-refractivity contribution in [2.24, 2.45) is 0 Å². The minimum absolute atomic E-state index is 0.0852. The van der Waals surface area contributed by atoms with Crippen molar-refractivity contribution in [3.8, 4) is 17.6 Å².